The zero-order valence-electron chi connectivity index (χ0n) is 7.81. The van der Waals surface area contributed by atoms with E-state index >= 15 is 0 Å². The molecule has 2 rings (SSSR count). The normalized spacial score (nSPS) is 10.4. The second-order valence-electron chi connectivity index (χ2n) is 2.95. The number of nitrogens with zero attached hydrogens (tertiary/aromatic N) is 3. The van der Waals surface area contributed by atoms with Crippen LogP contribution in [0.4, 0.5) is 0 Å². The molecule has 0 bridgehead atoms. The van der Waals surface area contributed by atoms with E-state index in [1.54, 1.807) is 6.33 Å². The molecule has 0 spiro atoms. The molecule has 1 aromatic heterocycles. The van der Waals surface area contributed by atoms with E-state index in [0.717, 1.165) is 22.4 Å². The minimum absolute atomic E-state index is 0.887. The Labute approximate surface area is 90.9 Å². The highest BCUT2D eigenvalue weighted by atomic mass is 79.9. The van der Waals surface area contributed by atoms with Crippen molar-refractivity contribution in [3.63, 3.8) is 0 Å². The van der Waals surface area contributed by atoms with Crippen LogP contribution in [0.3, 0.4) is 0 Å². The molecular formula is C10H10BrN3. The predicted molar refractivity (Wildman–Crippen MR) is 58.8 cm³/mol. The van der Waals surface area contributed by atoms with Crippen molar-refractivity contribution in [3.8, 4) is 11.4 Å². The molecule has 0 atom stereocenters. The minimum Gasteiger partial charge on any atom is -0.314 e. The molecule has 0 saturated carbocycles. The third-order valence-electron chi connectivity index (χ3n) is 2.06. The van der Waals surface area contributed by atoms with Crippen molar-refractivity contribution >= 4 is 15.9 Å². The molecule has 3 nitrogen and oxygen atoms in total. The first-order valence-corrected chi connectivity index (χ1v) is 5.24. The van der Waals surface area contributed by atoms with Crippen LogP contribution in [-0.4, -0.2) is 14.8 Å². The minimum atomic E-state index is 0.887. The maximum Gasteiger partial charge on any atom is 0.163 e. The van der Waals surface area contributed by atoms with Gasteiger partial charge in [-0.15, -0.1) is 10.2 Å². The lowest BCUT2D eigenvalue weighted by molar-refractivity contribution is 0.767. The first-order valence-electron chi connectivity index (χ1n) is 4.45. The van der Waals surface area contributed by atoms with Gasteiger partial charge in [-0.05, 0) is 19.1 Å². The Hall–Kier alpha value is -1.16. The SMILES string of the molecule is CCn1cnnc1-c1ccc(Br)cc1. The fraction of sp³-hybridized carbons (Fsp3) is 0.200. The molecule has 0 aliphatic heterocycles. The fourth-order valence-electron chi connectivity index (χ4n) is 1.31. The smallest absolute Gasteiger partial charge is 0.163 e. The van der Waals surface area contributed by atoms with Gasteiger partial charge in [-0.25, -0.2) is 0 Å². The lowest BCUT2D eigenvalue weighted by Crippen LogP contribution is -1.95. The van der Waals surface area contributed by atoms with E-state index in [1.807, 2.05) is 28.8 Å². The van der Waals surface area contributed by atoms with E-state index in [2.05, 4.69) is 33.1 Å². The van der Waals surface area contributed by atoms with E-state index in [-0.39, 0.29) is 0 Å². The molecule has 0 amide bonds. The monoisotopic (exact) mass is 251 g/mol. The van der Waals surface area contributed by atoms with Gasteiger partial charge in [-0.2, -0.15) is 0 Å². The molecule has 2 aromatic rings. The quantitative estimate of drug-likeness (QED) is 0.822. The van der Waals surface area contributed by atoms with E-state index < -0.39 is 0 Å². The number of hydrogen-bond donors (Lipinski definition) is 0. The molecule has 0 N–H and O–H groups in total. The summed E-state index contributed by atoms with van der Waals surface area (Å²) in [6.07, 6.45) is 1.75. The van der Waals surface area contributed by atoms with E-state index in [9.17, 15) is 0 Å². The van der Waals surface area contributed by atoms with Crippen LogP contribution in [0.15, 0.2) is 35.1 Å². The zero-order valence-corrected chi connectivity index (χ0v) is 9.40. The summed E-state index contributed by atoms with van der Waals surface area (Å²) in [6, 6.07) is 8.06. The van der Waals surface area contributed by atoms with Gasteiger partial charge in [0, 0.05) is 16.6 Å². The number of benzene rings is 1. The highest BCUT2D eigenvalue weighted by molar-refractivity contribution is 9.10. The summed E-state index contributed by atoms with van der Waals surface area (Å²) in [5.74, 6) is 0.917. The summed E-state index contributed by atoms with van der Waals surface area (Å²) in [5.41, 5.74) is 1.09. The van der Waals surface area contributed by atoms with Gasteiger partial charge in [0.2, 0.25) is 0 Å². The summed E-state index contributed by atoms with van der Waals surface area (Å²) in [4.78, 5) is 0. The largest absolute Gasteiger partial charge is 0.314 e. The van der Waals surface area contributed by atoms with Gasteiger partial charge in [0.25, 0.3) is 0 Å². The molecular weight excluding hydrogens is 242 g/mol. The van der Waals surface area contributed by atoms with Crippen molar-refractivity contribution in [2.45, 2.75) is 13.5 Å². The molecule has 0 unspecified atom stereocenters. The van der Waals surface area contributed by atoms with Gasteiger partial charge in [0.15, 0.2) is 5.82 Å². The molecule has 0 saturated heterocycles. The maximum absolute atomic E-state index is 4.08. The molecule has 0 radical (unpaired) electrons. The molecule has 0 fully saturated rings. The number of rotatable bonds is 2. The Morgan fingerprint density at radius 2 is 2.00 bits per heavy atom. The van der Waals surface area contributed by atoms with E-state index in [1.165, 1.54) is 0 Å². The fourth-order valence-corrected chi connectivity index (χ4v) is 1.57. The first kappa shape index (κ1) is 9.40. The van der Waals surface area contributed by atoms with Crippen LogP contribution >= 0.6 is 15.9 Å². The summed E-state index contributed by atoms with van der Waals surface area (Å²) in [7, 11) is 0. The Kier molecular flexibility index (Phi) is 2.63. The molecule has 1 aromatic carbocycles. The van der Waals surface area contributed by atoms with Crippen LogP contribution in [0, 0.1) is 0 Å². The molecule has 0 aliphatic rings. The van der Waals surface area contributed by atoms with Crippen molar-refractivity contribution < 1.29 is 0 Å². The van der Waals surface area contributed by atoms with Crippen LogP contribution in [0.2, 0.25) is 0 Å². The van der Waals surface area contributed by atoms with Gasteiger partial charge >= 0.3 is 0 Å². The summed E-state index contributed by atoms with van der Waals surface area (Å²) in [5, 5.41) is 7.98. The van der Waals surface area contributed by atoms with Crippen molar-refractivity contribution in [2.24, 2.45) is 0 Å². The van der Waals surface area contributed by atoms with Gasteiger partial charge in [0.05, 0.1) is 0 Å². The standard InChI is InChI=1S/C10H10BrN3/c1-2-14-7-12-13-10(14)8-3-5-9(11)6-4-8/h3-7H,2H2,1H3. The van der Waals surface area contributed by atoms with Crippen LogP contribution in [-0.2, 0) is 6.54 Å². The highest BCUT2D eigenvalue weighted by Crippen LogP contribution is 2.19. The Morgan fingerprint density at radius 1 is 1.29 bits per heavy atom. The third kappa shape index (κ3) is 1.70. The van der Waals surface area contributed by atoms with Crippen LogP contribution in [0.1, 0.15) is 6.92 Å². The van der Waals surface area contributed by atoms with Gasteiger partial charge in [-0.1, -0.05) is 28.1 Å². The molecule has 1 heterocycles. The molecule has 0 aliphatic carbocycles. The van der Waals surface area contributed by atoms with Crippen LogP contribution in [0.25, 0.3) is 11.4 Å². The first-order chi connectivity index (χ1) is 6.81. The molecule has 4 heteroatoms. The second kappa shape index (κ2) is 3.92. The number of aromatic nitrogens is 3. The lowest BCUT2D eigenvalue weighted by Gasteiger charge is -2.02. The van der Waals surface area contributed by atoms with Crippen molar-refractivity contribution in [3.05, 3.63) is 35.1 Å². The lowest BCUT2D eigenvalue weighted by atomic mass is 10.2. The molecule has 72 valence electrons. The summed E-state index contributed by atoms with van der Waals surface area (Å²) in [6.45, 7) is 2.96. The number of hydrogen-bond acceptors (Lipinski definition) is 2. The summed E-state index contributed by atoms with van der Waals surface area (Å²) >= 11 is 3.40. The number of aryl methyl sites for hydroxylation is 1. The zero-order chi connectivity index (χ0) is 9.97. The highest BCUT2D eigenvalue weighted by Gasteiger charge is 2.04. The Morgan fingerprint density at radius 3 is 2.64 bits per heavy atom. The average Bonchev–Trinajstić information content (AvgIpc) is 2.67. The van der Waals surface area contributed by atoms with Gasteiger partial charge in [-0.3, -0.25) is 0 Å². The second-order valence-corrected chi connectivity index (χ2v) is 3.86. The van der Waals surface area contributed by atoms with Gasteiger partial charge in [0.1, 0.15) is 6.33 Å². The number of halogens is 1. The predicted octanol–water partition coefficient (Wildman–Crippen LogP) is 2.73. The maximum atomic E-state index is 4.08. The van der Waals surface area contributed by atoms with E-state index in [0.29, 0.717) is 0 Å². The van der Waals surface area contributed by atoms with Crippen LogP contribution < -0.4 is 0 Å². The molecule has 14 heavy (non-hydrogen) atoms. The van der Waals surface area contributed by atoms with Crippen LogP contribution in [0.5, 0.6) is 0 Å². The topological polar surface area (TPSA) is 30.7 Å². The van der Waals surface area contributed by atoms with E-state index in [4.69, 9.17) is 0 Å². The Balaban J connectivity index is 2.44. The third-order valence-corrected chi connectivity index (χ3v) is 2.59. The van der Waals surface area contributed by atoms with Crippen molar-refractivity contribution in [1.29, 1.82) is 0 Å². The Bertz CT molecular complexity index is 419. The van der Waals surface area contributed by atoms with Crippen molar-refractivity contribution in [2.75, 3.05) is 0 Å². The van der Waals surface area contributed by atoms with Crippen molar-refractivity contribution in [1.82, 2.24) is 14.8 Å². The summed E-state index contributed by atoms with van der Waals surface area (Å²) < 4.78 is 3.09. The average molecular weight is 252 g/mol. The van der Waals surface area contributed by atoms with Gasteiger partial charge < -0.3 is 4.57 Å².